The summed E-state index contributed by atoms with van der Waals surface area (Å²) in [7, 11) is 1.63. The third kappa shape index (κ3) is 2.25. The number of hydrogen-bond acceptors (Lipinski definition) is 2. The van der Waals surface area contributed by atoms with Crippen LogP contribution in [0.25, 0.3) is 11.1 Å². The van der Waals surface area contributed by atoms with Crippen molar-refractivity contribution >= 4 is 22.7 Å². The van der Waals surface area contributed by atoms with Crippen LogP contribution in [0.1, 0.15) is 22.1 Å². The van der Waals surface area contributed by atoms with Crippen LogP contribution in [0, 0.1) is 12.7 Å². The average molecular weight is 306 g/mol. The number of aromatic nitrogens is 1. The van der Waals surface area contributed by atoms with E-state index in [4.69, 9.17) is 16.0 Å². The summed E-state index contributed by atoms with van der Waals surface area (Å²) in [6, 6.07) is 10.3. The van der Waals surface area contributed by atoms with Crippen LogP contribution in [0.5, 0.6) is 0 Å². The minimum absolute atomic E-state index is 0.313. The predicted octanol–water partition coefficient (Wildman–Crippen LogP) is 3.91. The van der Waals surface area contributed by atoms with Crippen LogP contribution < -0.4 is 5.76 Å². The molecule has 3 rings (SSSR count). The van der Waals surface area contributed by atoms with Gasteiger partial charge in [0.2, 0.25) is 0 Å². The van der Waals surface area contributed by atoms with Crippen molar-refractivity contribution in [3.05, 3.63) is 69.5 Å². The van der Waals surface area contributed by atoms with E-state index in [1.807, 2.05) is 0 Å². The number of alkyl halides is 1. The lowest BCUT2D eigenvalue weighted by molar-refractivity contribution is 0.528. The van der Waals surface area contributed by atoms with Crippen LogP contribution in [-0.4, -0.2) is 4.57 Å². The quantitative estimate of drug-likeness (QED) is 0.673. The fourth-order valence-corrected chi connectivity index (χ4v) is 2.66. The normalized spacial score (nSPS) is 12.8. The third-order valence-corrected chi connectivity index (χ3v) is 4.09. The van der Waals surface area contributed by atoms with Gasteiger partial charge in [0, 0.05) is 12.6 Å². The largest absolute Gasteiger partial charge is 0.419 e. The second-order valence-corrected chi connectivity index (χ2v) is 5.43. The fourth-order valence-electron chi connectivity index (χ4n) is 2.35. The molecule has 0 fully saturated rings. The van der Waals surface area contributed by atoms with Gasteiger partial charge in [-0.15, -0.1) is 11.6 Å². The summed E-state index contributed by atoms with van der Waals surface area (Å²) in [4.78, 5) is 11.5. The molecule has 0 bridgehead atoms. The van der Waals surface area contributed by atoms with Crippen LogP contribution in [0.4, 0.5) is 4.39 Å². The lowest BCUT2D eigenvalue weighted by Crippen LogP contribution is -2.08. The molecule has 1 heterocycles. The van der Waals surface area contributed by atoms with Gasteiger partial charge in [0.25, 0.3) is 0 Å². The molecule has 2 aromatic carbocycles. The molecule has 0 N–H and O–H groups in total. The topological polar surface area (TPSA) is 35.1 Å². The van der Waals surface area contributed by atoms with E-state index in [-0.39, 0.29) is 5.82 Å². The molecule has 21 heavy (non-hydrogen) atoms. The van der Waals surface area contributed by atoms with Gasteiger partial charge >= 0.3 is 5.76 Å². The number of oxazole rings is 1. The van der Waals surface area contributed by atoms with Gasteiger partial charge in [-0.1, -0.05) is 24.3 Å². The van der Waals surface area contributed by atoms with Crippen molar-refractivity contribution in [1.29, 1.82) is 0 Å². The SMILES string of the molecule is Cc1cccc(C(Cl)c2ccc3c(c2)oc(=O)n3C)c1F. The Balaban J connectivity index is 2.11. The molecule has 5 heteroatoms. The van der Waals surface area contributed by atoms with Crippen LogP contribution in [-0.2, 0) is 7.05 Å². The van der Waals surface area contributed by atoms with Gasteiger partial charge in [0.1, 0.15) is 5.82 Å². The van der Waals surface area contributed by atoms with Crippen molar-refractivity contribution in [2.45, 2.75) is 12.3 Å². The van der Waals surface area contributed by atoms with E-state index in [0.717, 1.165) is 0 Å². The monoisotopic (exact) mass is 305 g/mol. The van der Waals surface area contributed by atoms with Gasteiger partial charge in [-0.2, -0.15) is 0 Å². The highest BCUT2D eigenvalue weighted by molar-refractivity contribution is 6.22. The Labute approximate surface area is 125 Å². The molecule has 0 saturated carbocycles. The molecule has 1 unspecified atom stereocenters. The highest BCUT2D eigenvalue weighted by Gasteiger charge is 2.18. The Kier molecular flexibility index (Phi) is 3.33. The van der Waals surface area contributed by atoms with E-state index in [2.05, 4.69) is 0 Å². The Morgan fingerprint density at radius 1 is 1.29 bits per heavy atom. The molecule has 1 aromatic heterocycles. The fraction of sp³-hybridized carbons (Fsp3) is 0.188. The second kappa shape index (κ2) is 5.04. The number of benzene rings is 2. The van der Waals surface area contributed by atoms with Gasteiger partial charge in [0.05, 0.1) is 10.9 Å². The summed E-state index contributed by atoms with van der Waals surface area (Å²) in [5, 5.41) is -0.639. The van der Waals surface area contributed by atoms with Crippen LogP contribution >= 0.6 is 11.6 Å². The van der Waals surface area contributed by atoms with Crippen molar-refractivity contribution in [2.24, 2.45) is 7.05 Å². The third-order valence-electron chi connectivity index (χ3n) is 3.60. The minimum Gasteiger partial charge on any atom is -0.408 e. The van der Waals surface area contributed by atoms with Gasteiger partial charge in [-0.25, -0.2) is 9.18 Å². The van der Waals surface area contributed by atoms with Gasteiger partial charge < -0.3 is 4.42 Å². The summed E-state index contributed by atoms with van der Waals surface area (Å²) in [6.45, 7) is 1.70. The molecule has 0 aliphatic rings. The Bertz CT molecular complexity index is 882. The first kappa shape index (κ1) is 13.9. The molecule has 1 atom stereocenters. The Morgan fingerprint density at radius 2 is 2.05 bits per heavy atom. The highest BCUT2D eigenvalue weighted by atomic mass is 35.5. The number of halogens is 2. The smallest absolute Gasteiger partial charge is 0.408 e. The molecular weight excluding hydrogens is 293 g/mol. The van der Waals surface area contributed by atoms with Gasteiger partial charge in [-0.05, 0) is 30.2 Å². The summed E-state index contributed by atoms with van der Waals surface area (Å²) < 4.78 is 20.7. The Hall–Kier alpha value is -2.07. The number of rotatable bonds is 2. The maximum Gasteiger partial charge on any atom is 0.419 e. The van der Waals surface area contributed by atoms with Crippen molar-refractivity contribution in [2.75, 3.05) is 0 Å². The first-order valence-corrected chi connectivity index (χ1v) is 6.91. The zero-order valence-electron chi connectivity index (χ0n) is 11.6. The summed E-state index contributed by atoms with van der Waals surface area (Å²) in [6.07, 6.45) is 0. The maximum absolute atomic E-state index is 14.2. The maximum atomic E-state index is 14.2. The van der Waals surface area contributed by atoms with E-state index in [1.54, 1.807) is 50.4 Å². The summed E-state index contributed by atoms with van der Waals surface area (Å²) in [5.41, 5.74) is 2.76. The molecular formula is C16H13ClFNO2. The van der Waals surface area contributed by atoms with E-state index in [9.17, 15) is 9.18 Å². The Morgan fingerprint density at radius 3 is 2.81 bits per heavy atom. The molecule has 3 nitrogen and oxygen atoms in total. The summed E-state index contributed by atoms with van der Waals surface area (Å²) >= 11 is 6.39. The van der Waals surface area contributed by atoms with Crippen molar-refractivity contribution in [3.63, 3.8) is 0 Å². The van der Waals surface area contributed by atoms with Crippen LogP contribution in [0.15, 0.2) is 45.6 Å². The molecule has 0 saturated heterocycles. The zero-order chi connectivity index (χ0) is 15.1. The second-order valence-electron chi connectivity index (χ2n) is 4.99. The highest BCUT2D eigenvalue weighted by Crippen LogP contribution is 2.32. The molecule has 0 amide bonds. The first-order chi connectivity index (χ1) is 9.99. The predicted molar refractivity (Wildman–Crippen MR) is 80.3 cm³/mol. The van der Waals surface area contributed by atoms with Gasteiger partial charge in [-0.3, -0.25) is 4.57 Å². The number of fused-ring (bicyclic) bond motifs is 1. The average Bonchev–Trinajstić information content (AvgIpc) is 2.76. The van der Waals surface area contributed by atoms with Crippen molar-refractivity contribution in [3.8, 4) is 0 Å². The van der Waals surface area contributed by atoms with E-state index in [0.29, 0.717) is 27.8 Å². The van der Waals surface area contributed by atoms with Crippen molar-refractivity contribution < 1.29 is 8.81 Å². The molecule has 0 aliphatic heterocycles. The first-order valence-electron chi connectivity index (χ1n) is 6.47. The number of aryl methyl sites for hydroxylation is 2. The van der Waals surface area contributed by atoms with Crippen LogP contribution in [0.2, 0.25) is 0 Å². The summed E-state index contributed by atoms with van der Waals surface area (Å²) in [5.74, 6) is -0.748. The van der Waals surface area contributed by atoms with Crippen molar-refractivity contribution in [1.82, 2.24) is 4.57 Å². The van der Waals surface area contributed by atoms with E-state index >= 15 is 0 Å². The molecule has 108 valence electrons. The molecule has 3 aromatic rings. The van der Waals surface area contributed by atoms with E-state index in [1.165, 1.54) is 4.57 Å². The van der Waals surface area contributed by atoms with E-state index < -0.39 is 11.1 Å². The lowest BCUT2D eigenvalue weighted by Gasteiger charge is -2.12. The molecule has 0 spiro atoms. The standard InChI is InChI=1S/C16H13ClFNO2/c1-9-4-3-5-11(15(9)18)14(17)10-6-7-12-13(8-10)21-16(20)19(12)2/h3-8,14H,1-2H3. The van der Waals surface area contributed by atoms with Gasteiger partial charge in [0.15, 0.2) is 5.58 Å². The van der Waals surface area contributed by atoms with Crippen LogP contribution in [0.3, 0.4) is 0 Å². The zero-order valence-corrected chi connectivity index (χ0v) is 12.3. The molecule has 0 aliphatic carbocycles. The molecule has 0 radical (unpaired) electrons. The lowest BCUT2D eigenvalue weighted by atomic mass is 10.0. The number of nitrogens with zero attached hydrogens (tertiary/aromatic N) is 1. The minimum atomic E-state index is -0.639. The number of hydrogen-bond donors (Lipinski definition) is 0.